The Hall–Kier alpha value is -7.46. The third kappa shape index (κ3) is 4.37. The van der Waals surface area contributed by atoms with Crippen LogP contribution in [0.15, 0.2) is 158 Å². The number of benzene rings is 6. The van der Waals surface area contributed by atoms with E-state index in [1.807, 2.05) is 72.8 Å². The summed E-state index contributed by atoms with van der Waals surface area (Å²) in [5, 5.41) is 30.8. The molecular formula is C45H26N6. The van der Waals surface area contributed by atoms with Crippen LogP contribution in [-0.2, 0) is 5.41 Å². The summed E-state index contributed by atoms with van der Waals surface area (Å²) < 4.78 is 2.10. The molecule has 0 bridgehead atoms. The molecule has 0 radical (unpaired) electrons. The summed E-state index contributed by atoms with van der Waals surface area (Å²) in [6.45, 7) is 0. The van der Waals surface area contributed by atoms with Crippen molar-refractivity contribution in [3.63, 3.8) is 0 Å². The maximum atomic E-state index is 9.70. The molecule has 0 saturated heterocycles. The third-order valence-electron chi connectivity index (χ3n) is 9.95. The summed E-state index contributed by atoms with van der Waals surface area (Å²) in [7, 11) is 0. The number of fused-ring (bicyclic) bond motifs is 5. The molecule has 0 fully saturated rings. The van der Waals surface area contributed by atoms with E-state index in [4.69, 9.17) is 4.98 Å². The van der Waals surface area contributed by atoms with Crippen molar-refractivity contribution in [1.29, 1.82) is 15.8 Å². The number of pyridine rings is 1. The highest BCUT2D eigenvalue weighted by Crippen LogP contribution is 2.57. The summed E-state index contributed by atoms with van der Waals surface area (Å²) >= 11 is 0. The van der Waals surface area contributed by atoms with Crippen LogP contribution in [0.3, 0.4) is 0 Å². The average molecular weight is 651 g/mol. The van der Waals surface area contributed by atoms with Gasteiger partial charge in [0.15, 0.2) is 0 Å². The molecule has 9 rings (SSSR count). The molecule has 0 aliphatic carbocycles. The van der Waals surface area contributed by atoms with Gasteiger partial charge >= 0.3 is 0 Å². The van der Waals surface area contributed by atoms with E-state index in [0.29, 0.717) is 22.5 Å². The van der Waals surface area contributed by atoms with Crippen LogP contribution in [0.2, 0.25) is 0 Å². The minimum absolute atomic E-state index is 0.552. The van der Waals surface area contributed by atoms with Crippen LogP contribution < -0.4 is 4.90 Å². The molecule has 0 amide bonds. The van der Waals surface area contributed by atoms with Crippen molar-refractivity contribution < 1.29 is 0 Å². The van der Waals surface area contributed by atoms with E-state index in [9.17, 15) is 15.8 Å². The lowest BCUT2D eigenvalue weighted by molar-refractivity contribution is 0.730. The van der Waals surface area contributed by atoms with Crippen molar-refractivity contribution in [1.82, 2.24) is 9.55 Å². The van der Waals surface area contributed by atoms with E-state index in [1.54, 1.807) is 0 Å². The number of rotatable bonds is 4. The van der Waals surface area contributed by atoms with Crippen LogP contribution in [0.5, 0.6) is 0 Å². The molecular weight excluding hydrogens is 625 g/mol. The highest BCUT2D eigenvalue weighted by Gasteiger charge is 2.46. The first-order valence-electron chi connectivity index (χ1n) is 16.6. The monoisotopic (exact) mass is 650 g/mol. The number of nitrogens with zero attached hydrogens (tertiary/aromatic N) is 6. The number of aromatic nitrogens is 2. The molecule has 2 aromatic heterocycles. The fraction of sp³-hybridized carbons (Fsp3) is 0.0222. The molecule has 236 valence electrons. The summed E-state index contributed by atoms with van der Waals surface area (Å²) in [6.07, 6.45) is 0. The minimum atomic E-state index is -0.680. The lowest BCUT2D eigenvalue weighted by Crippen LogP contribution is -2.37. The van der Waals surface area contributed by atoms with Gasteiger partial charge in [-0.1, -0.05) is 84.9 Å². The quantitative estimate of drug-likeness (QED) is 0.189. The van der Waals surface area contributed by atoms with Crippen LogP contribution in [0.4, 0.5) is 17.2 Å². The van der Waals surface area contributed by atoms with E-state index >= 15 is 0 Å². The van der Waals surface area contributed by atoms with E-state index < -0.39 is 5.41 Å². The largest absolute Gasteiger partial charge is 0.294 e. The zero-order valence-electron chi connectivity index (χ0n) is 27.2. The summed E-state index contributed by atoms with van der Waals surface area (Å²) in [5.74, 6) is 1.45. The predicted octanol–water partition coefficient (Wildman–Crippen LogP) is 9.96. The molecule has 1 aliphatic heterocycles. The summed E-state index contributed by atoms with van der Waals surface area (Å²) in [6, 6.07) is 59.6. The van der Waals surface area contributed by atoms with Crippen molar-refractivity contribution in [3.8, 4) is 24.0 Å². The van der Waals surface area contributed by atoms with Gasteiger partial charge in [-0.25, -0.2) is 4.98 Å². The lowest BCUT2D eigenvalue weighted by Gasteiger charge is -2.46. The Morgan fingerprint density at radius 1 is 0.451 bits per heavy atom. The SMILES string of the molecule is N#Cc1ccc(C2(c3ccccc3)c3ccccc3N(c3cccc(-n4c5ccc(C#N)cc5c5cc(C#N)ccc54)n3)c3ccccc32)cc1. The Morgan fingerprint density at radius 2 is 0.941 bits per heavy atom. The maximum Gasteiger partial charge on any atom is 0.140 e. The maximum absolute atomic E-state index is 9.70. The van der Waals surface area contributed by atoms with Crippen molar-refractivity contribution in [2.75, 3.05) is 4.90 Å². The second kappa shape index (κ2) is 11.6. The third-order valence-corrected chi connectivity index (χ3v) is 9.95. The Kier molecular flexibility index (Phi) is 6.75. The predicted molar refractivity (Wildman–Crippen MR) is 199 cm³/mol. The fourth-order valence-corrected chi connectivity index (χ4v) is 7.84. The first-order chi connectivity index (χ1) is 25.1. The van der Waals surface area contributed by atoms with Gasteiger partial charge in [0.05, 0.1) is 62.7 Å². The number of nitriles is 3. The van der Waals surface area contributed by atoms with Gasteiger partial charge in [-0.15, -0.1) is 0 Å². The van der Waals surface area contributed by atoms with Crippen molar-refractivity contribution in [2.24, 2.45) is 0 Å². The fourth-order valence-electron chi connectivity index (χ4n) is 7.84. The molecule has 0 unspecified atom stereocenters. The van der Waals surface area contributed by atoms with Crippen molar-refractivity contribution in [3.05, 3.63) is 197 Å². The molecule has 8 aromatic rings. The highest BCUT2D eigenvalue weighted by molar-refractivity contribution is 6.10. The van der Waals surface area contributed by atoms with E-state index in [1.165, 1.54) is 0 Å². The average Bonchev–Trinajstić information content (AvgIpc) is 3.53. The minimum Gasteiger partial charge on any atom is -0.294 e. The first-order valence-corrected chi connectivity index (χ1v) is 16.6. The topological polar surface area (TPSA) is 92.4 Å². The lowest BCUT2D eigenvalue weighted by atomic mass is 9.62. The number of anilines is 3. The van der Waals surface area contributed by atoms with E-state index in [0.717, 1.165) is 61.3 Å². The summed E-state index contributed by atoms with van der Waals surface area (Å²) in [4.78, 5) is 7.59. The molecule has 6 heteroatoms. The second-order valence-electron chi connectivity index (χ2n) is 12.6. The second-order valence-corrected chi connectivity index (χ2v) is 12.6. The number of para-hydroxylation sites is 2. The molecule has 1 aliphatic rings. The first kappa shape index (κ1) is 29.7. The Balaban J connectivity index is 1.31. The van der Waals surface area contributed by atoms with Gasteiger partial charge < -0.3 is 0 Å². The van der Waals surface area contributed by atoms with Gasteiger partial charge in [0.25, 0.3) is 0 Å². The molecule has 6 nitrogen and oxygen atoms in total. The van der Waals surface area contributed by atoms with Crippen LogP contribution in [0.25, 0.3) is 27.6 Å². The molecule has 0 N–H and O–H groups in total. The number of hydrogen-bond acceptors (Lipinski definition) is 5. The van der Waals surface area contributed by atoms with Gasteiger partial charge in [-0.3, -0.25) is 9.47 Å². The highest BCUT2D eigenvalue weighted by atomic mass is 15.2. The Morgan fingerprint density at radius 3 is 1.51 bits per heavy atom. The summed E-state index contributed by atoms with van der Waals surface area (Å²) in [5.41, 5.74) is 9.19. The van der Waals surface area contributed by atoms with Gasteiger partial charge in [0, 0.05) is 10.8 Å². The molecule has 0 atom stereocenters. The molecule has 0 saturated carbocycles. The smallest absolute Gasteiger partial charge is 0.140 e. The Bertz CT molecular complexity index is 2670. The van der Waals surface area contributed by atoms with Crippen LogP contribution in [-0.4, -0.2) is 9.55 Å². The molecule has 3 heterocycles. The zero-order chi connectivity index (χ0) is 34.5. The zero-order valence-corrected chi connectivity index (χ0v) is 27.2. The number of hydrogen-bond donors (Lipinski definition) is 0. The van der Waals surface area contributed by atoms with Gasteiger partial charge in [0.1, 0.15) is 11.6 Å². The normalized spacial score (nSPS) is 12.8. The van der Waals surface area contributed by atoms with Crippen LogP contribution >= 0.6 is 0 Å². The van der Waals surface area contributed by atoms with Crippen LogP contribution in [0, 0.1) is 34.0 Å². The van der Waals surface area contributed by atoms with E-state index in [2.05, 4.69) is 113 Å². The van der Waals surface area contributed by atoms with Crippen LogP contribution in [0.1, 0.15) is 38.9 Å². The molecule has 6 aromatic carbocycles. The molecule has 0 spiro atoms. The van der Waals surface area contributed by atoms with Gasteiger partial charge in [0.2, 0.25) is 0 Å². The van der Waals surface area contributed by atoms with Gasteiger partial charge in [-0.05, 0) is 95.1 Å². The van der Waals surface area contributed by atoms with E-state index in [-0.39, 0.29) is 0 Å². The Labute approximate surface area is 294 Å². The van der Waals surface area contributed by atoms with Crippen molar-refractivity contribution in [2.45, 2.75) is 5.41 Å². The standard InChI is InChI=1S/C45H26N6/c46-27-30-17-21-34(22-18-30)45(33-9-2-1-3-10-33)37-11-4-6-13-41(37)51(42-14-7-5-12-38(42)45)44-16-8-15-43(49-44)50-39-23-19-31(28-47)25-35(39)36-26-32(29-48)20-24-40(36)50/h1-26H. The van der Waals surface area contributed by atoms with Crippen molar-refractivity contribution >= 4 is 39.0 Å². The van der Waals surface area contributed by atoms with Gasteiger partial charge in [-0.2, -0.15) is 15.8 Å². The molecule has 51 heavy (non-hydrogen) atoms.